The quantitative estimate of drug-likeness (QED) is 0.881. The van der Waals surface area contributed by atoms with Crippen molar-refractivity contribution < 1.29 is 0 Å². The van der Waals surface area contributed by atoms with Crippen LogP contribution in [0.5, 0.6) is 0 Å². The highest BCUT2D eigenvalue weighted by Crippen LogP contribution is 2.46. The minimum atomic E-state index is 0.416. The highest BCUT2D eigenvalue weighted by atomic mass is 15.2. The molecule has 96 valence electrons. The lowest BCUT2D eigenvalue weighted by Crippen LogP contribution is -2.56. The van der Waals surface area contributed by atoms with Gasteiger partial charge in [0.15, 0.2) is 0 Å². The molecule has 2 aliphatic rings. The molecule has 1 fully saturated rings. The summed E-state index contributed by atoms with van der Waals surface area (Å²) in [5.74, 6) is 0. The molecule has 2 heteroatoms. The summed E-state index contributed by atoms with van der Waals surface area (Å²) in [6, 6.07) is 18.7. The zero-order valence-corrected chi connectivity index (χ0v) is 11.1. The van der Waals surface area contributed by atoms with E-state index in [0.717, 1.165) is 13.1 Å². The predicted octanol–water partition coefficient (Wildman–Crippen LogP) is 2.66. The van der Waals surface area contributed by atoms with Crippen LogP contribution in [0, 0.1) is 0 Å². The maximum Gasteiger partial charge on any atom is 0.0614 e. The maximum atomic E-state index is 3.37. The third-order valence-corrected chi connectivity index (χ3v) is 4.54. The zero-order chi connectivity index (χ0) is 12.8. The first kappa shape index (κ1) is 11.2. The molecule has 1 saturated heterocycles. The Morgan fingerprint density at radius 2 is 1.42 bits per heavy atom. The molecule has 0 radical (unpaired) electrons. The fourth-order valence-corrected chi connectivity index (χ4v) is 3.34. The monoisotopic (exact) mass is 250 g/mol. The van der Waals surface area contributed by atoms with E-state index in [9.17, 15) is 0 Å². The molecule has 1 heterocycles. The van der Waals surface area contributed by atoms with Gasteiger partial charge in [0.1, 0.15) is 0 Å². The van der Waals surface area contributed by atoms with E-state index in [1.165, 1.54) is 22.3 Å². The van der Waals surface area contributed by atoms with Crippen molar-refractivity contribution in [2.45, 2.75) is 12.1 Å². The normalized spacial score (nSPS) is 18.2. The lowest BCUT2D eigenvalue weighted by Gasteiger charge is -2.40. The first-order chi connectivity index (χ1) is 9.36. The van der Waals surface area contributed by atoms with Gasteiger partial charge in [0.25, 0.3) is 0 Å². The van der Waals surface area contributed by atoms with Gasteiger partial charge in [-0.3, -0.25) is 4.90 Å². The molecule has 0 saturated carbocycles. The van der Waals surface area contributed by atoms with Crippen LogP contribution in [0.25, 0.3) is 11.1 Å². The fraction of sp³-hybridized carbons (Fsp3) is 0.294. The SMILES string of the molecule is CN(C1CNC1)C1c2ccccc2-c2ccccc21. The lowest BCUT2D eigenvalue weighted by atomic mass is 10.0. The molecular weight excluding hydrogens is 232 g/mol. The second-order valence-electron chi connectivity index (χ2n) is 5.55. The summed E-state index contributed by atoms with van der Waals surface area (Å²) in [7, 11) is 2.26. The highest BCUT2D eigenvalue weighted by Gasteiger charge is 2.35. The minimum absolute atomic E-state index is 0.416. The van der Waals surface area contributed by atoms with Gasteiger partial charge in [0.05, 0.1) is 6.04 Å². The van der Waals surface area contributed by atoms with Gasteiger partial charge in [-0.05, 0) is 29.3 Å². The van der Waals surface area contributed by atoms with Crippen molar-refractivity contribution in [1.82, 2.24) is 10.2 Å². The molecule has 0 bridgehead atoms. The van der Waals surface area contributed by atoms with Gasteiger partial charge >= 0.3 is 0 Å². The summed E-state index contributed by atoms with van der Waals surface area (Å²) in [5.41, 5.74) is 5.72. The van der Waals surface area contributed by atoms with Crippen molar-refractivity contribution in [3.8, 4) is 11.1 Å². The topological polar surface area (TPSA) is 15.3 Å². The number of nitrogens with zero attached hydrogens (tertiary/aromatic N) is 1. The predicted molar refractivity (Wildman–Crippen MR) is 78.1 cm³/mol. The van der Waals surface area contributed by atoms with Crippen LogP contribution in [0.1, 0.15) is 17.2 Å². The van der Waals surface area contributed by atoms with Crippen molar-refractivity contribution in [3.63, 3.8) is 0 Å². The van der Waals surface area contributed by atoms with Crippen molar-refractivity contribution in [3.05, 3.63) is 59.7 Å². The van der Waals surface area contributed by atoms with E-state index in [4.69, 9.17) is 0 Å². The summed E-state index contributed by atoms with van der Waals surface area (Å²) in [6.45, 7) is 2.22. The molecule has 0 aromatic heterocycles. The molecule has 1 N–H and O–H groups in total. The largest absolute Gasteiger partial charge is 0.314 e. The number of benzene rings is 2. The molecule has 2 aromatic carbocycles. The van der Waals surface area contributed by atoms with Crippen LogP contribution in [0.2, 0.25) is 0 Å². The van der Waals surface area contributed by atoms with Crippen LogP contribution in [0.4, 0.5) is 0 Å². The molecule has 1 aliphatic carbocycles. The summed E-state index contributed by atoms with van der Waals surface area (Å²) >= 11 is 0. The van der Waals surface area contributed by atoms with Gasteiger partial charge in [0, 0.05) is 19.1 Å². The number of likely N-dealkylation sites (N-methyl/N-ethyl adjacent to an activating group) is 1. The van der Waals surface area contributed by atoms with Crippen molar-refractivity contribution in [2.75, 3.05) is 20.1 Å². The first-order valence-corrected chi connectivity index (χ1v) is 6.97. The smallest absolute Gasteiger partial charge is 0.0614 e. The number of hydrogen-bond donors (Lipinski definition) is 1. The molecule has 0 spiro atoms. The Labute approximate surface area is 114 Å². The van der Waals surface area contributed by atoms with E-state index < -0.39 is 0 Å². The molecule has 4 rings (SSSR count). The summed E-state index contributed by atoms with van der Waals surface area (Å²) in [6.07, 6.45) is 0. The Hall–Kier alpha value is -1.64. The molecule has 0 amide bonds. The van der Waals surface area contributed by atoms with E-state index in [2.05, 4.69) is 65.8 Å². The van der Waals surface area contributed by atoms with E-state index >= 15 is 0 Å². The molecule has 1 aliphatic heterocycles. The number of hydrogen-bond acceptors (Lipinski definition) is 2. The molecule has 0 atom stereocenters. The standard InChI is InChI=1S/C17H18N2/c1-19(12-10-18-11-12)17-15-8-4-2-6-13(15)14-7-3-5-9-16(14)17/h2-9,12,17-18H,10-11H2,1H3. The number of nitrogens with one attached hydrogen (secondary N) is 1. The Balaban J connectivity index is 1.86. The van der Waals surface area contributed by atoms with E-state index in [-0.39, 0.29) is 0 Å². The van der Waals surface area contributed by atoms with E-state index in [0.29, 0.717) is 12.1 Å². The maximum absolute atomic E-state index is 3.37. The fourth-order valence-electron chi connectivity index (χ4n) is 3.34. The summed E-state index contributed by atoms with van der Waals surface area (Å²) in [4.78, 5) is 2.53. The van der Waals surface area contributed by atoms with Crippen LogP contribution < -0.4 is 5.32 Å². The Bertz CT molecular complexity index is 571. The third-order valence-electron chi connectivity index (χ3n) is 4.54. The first-order valence-electron chi connectivity index (χ1n) is 6.97. The van der Waals surface area contributed by atoms with Crippen molar-refractivity contribution in [2.24, 2.45) is 0 Å². The average molecular weight is 250 g/mol. The number of fused-ring (bicyclic) bond motifs is 3. The average Bonchev–Trinajstić information content (AvgIpc) is 2.71. The van der Waals surface area contributed by atoms with Crippen molar-refractivity contribution in [1.29, 1.82) is 0 Å². The van der Waals surface area contributed by atoms with Crippen LogP contribution in [-0.4, -0.2) is 31.1 Å². The number of rotatable bonds is 2. The molecule has 2 aromatic rings. The third kappa shape index (κ3) is 1.57. The molecule has 0 unspecified atom stereocenters. The van der Waals surface area contributed by atoms with Gasteiger partial charge in [-0.1, -0.05) is 48.5 Å². The Morgan fingerprint density at radius 1 is 0.895 bits per heavy atom. The summed E-state index contributed by atoms with van der Waals surface area (Å²) < 4.78 is 0. The second-order valence-corrected chi connectivity index (χ2v) is 5.55. The zero-order valence-electron chi connectivity index (χ0n) is 11.1. The second kappa shape index (κ2) is 4.19. The van der Waals surface area contributed by atoms with Crippen LogP contribution in [0.3, 0.4) is 0 Å². The Kier molecular flexibility index (Phi) is 2.47. The van der Waals surface area contributed by atoms with E-state index in [1.807, 2.05) is 0 Å². The summed E-state index contributed by atoms with van der Waals surface area (Å²) in [5, 5.41) is 3.37. The van der Waals surface area contributed by atoms with Gasteiger partial charge in [-0.25, -0.2) is 0 Å². The van der Waals surface area contributed by atoms with Gasteiger partial charge in [0.2, 0.25) is 0 Å². The van der Waals surface area contributed by atoms with E-state index in [1.54, 1.807) is 0 Å². The van der Waals surface area contributed by atoms with Crippen LogP contribution in [-0.2, 0) is 0 Å². The van der Waals surface area contributed by atoms with Crippen molar-refractivity contribution >= 4 is 0 Å². The highest BCUT2D eigenvalue weighted by molar-refractivity contribution is 5.78. The lowest BCUT2D eigenvalue weighted by molar-refractivity contribution is 0.148. The van der Waals surface area contributed by atoms with Crippen LogP contribution in [0.15, 0.2) is 48.5 Å². The van der Waals surface area contributed by atoms with Gasteiger partial charge < -0.3 is 5.32 Å². The molecule has 2 nitrogen and oxygen atoms in total. The van der Waals surface area contributed by atoms with Gasteiger partial charge in [-0.15, -0.1) is 0 Å². The minimum Gasteiger partial charge on any atom is -0.314 e. The molecule has 19 heavy (non-hydrogen) atoms. The van der Waals surface area contributed by atoms with Crippen LogP contribution >= 0.6 is 0 Å². The Morgan fingerprint density at radius 3 is 1.89 bits per heavy atom. The molecular formula is C17H18N2. The van der Waals surface area contributed by atoms with Gasteiger partial charge in [-0.2, -0.15) is 0 Å².